The Kier molecular flexibility index (Phi) is 4.03. The fraction of sp³-hybridized carbons (Fsp3) is 0.192. The summed E-state index contributed by atoms with van der Waals surface area (Å²) in [6, 6.07) is 11.8. The largest absolute Gasteiger partial charge is 0.340 e. The van der Waals surface area contributed by atoms with Crippen LogP contribution < -0.4 is 16.3 Å². The standard InChI is InChI=1S/C26H18IN7O3/c27-15-3-4-18-22-21(15)31-20(35)11-34(22)25(37)33(18)10-19-29-16-6-12-8-26(9-13(12)7-17(16)30-19)14-2-1-5-28-23(14)32-24(26)36/h1-7H,8-11H2,(H,29,30)(H,31,35)(H,28,32,36). The van der Waals surface area contributed by atoms with Crippen molar-refractivity contribution in [2.24, 2.45) is 0 Å². The summed E-state index contributed by atoms with van der Waals surface area (Å²) in [4.78, 5) is 51.0. The molecule has 0 saturated heterocycles. The van der Waals surface area contributed by atoms with E-state index in [1.807, 2.05) is 30.3 Å². The predicted molar refractivity (Wildman–Crippen MR) is 145 cm³/mol. The van der Waals surface area contributed by atoms with Gasteiger partial charge in [-0.3, -0.25) is 18.7 Å². The Labute approximate surface area is 222 Å². The number of nitrogens with one attached hydrogen (secondary N) is 3. The Morgan fingerprint density at radius 2 is 1.89 bits per heavy atom. The van der Waals surface area contributed by atoms with Crippen LogP contribution in [0.25, 0.3) is 22.1 Å². The molecule has 1 aliphatic carbocycles. The van der Waals surface area contributed by atoms with Gasteiger partial charge in [0.2, 0.25) is 11.8 Å². The number of hydrogen-bond acceptors (Lipinski definition) is 5. The Hall–Kier alpha value is -4.00. The van der Waals surface area contributed by atoms with E-state index in [1.165, 1.54) is 4.57 Å². The Morgan fingerprint density at radius 3 is 2.76 bits per heavy atom. The molecule has 0 radical (unpaired) electrons. The third kappa shape index (κ3) is 2.77. The second-order valence-electron chi connectivity index (χ2n) is 9.90. The average Bonchev–Trinajstić information content (AvgIpc) is 3.59. The first kappa shape index (κ1) is 21.1. The zero-order chi connectivity index (χ0) is 25.1. The summed E-state index contributed by atoms with van der Waals surface area (Å²) in [5.74, 6) is 1.09. The van der Waals surface area contributed by atoms with Crippen molar-refractivity contribution in [2.45, 2.75) is 31.3 Å². The van der Waals surface area contributed by atoms with Crippen LogP contribution in [0.15, 0.2) is 47.4 Å². The molecule has 1 atom stereocenters. The first-order valence-electron chi connectivity index (χ1n) is 11.9. The molecule has 10 nitrogen and oxygen atoms in total. The number of carbonyl (C=O) groups is 2. The van der Waals surface area contributed by atoms with E-state index < -0.39 is 5.41 Å². The van der Waals surface area contributed by atoms with E-state index in [1.54, 1.807) is 10.8 Å². The molecule has 2 aromatic carbocycles. The first-order chi connectivity index (χ1) is 17.9. The zero-order valence-corrected chi connectivity index (χ0v) is 21.4. The van der Waals surface area contributed by atoms with Gasteiger partial charge in [-0.15, -0.1) is 0 Å². The molecule has 1 unspecified atom stereocenters. The van der Waals surface area contributed by atoms with E-state index in [0.717, 1.165) is 42.3 Å². The average molecular weight is 603 g/mol. The highest BCUT2D eigenvalue weighted by molar-refractivity contribution is 14.1. The number of anilines is 2. The summed E-state index contributed by atoms with van der Waals surface area (Å²) in [6.45, 7) is 0.248. The number of H-pyrrole nitrogens is 1. The predicted octanol–water partition coefficient (Wildman–Crippen LogP) is 2.67. The number of amides is 2. The number of imidazole rings is 2. The second kappa shape index (κ2) is 7.06. The van der Waals surface area contributed by atoms with Gasteiger partial charge < -0.3 is 15.6 Å². The van der Waals surface area contributed by atoms with Gasteiger partial charge in [-0.25, -0.2) is 14.8 Å². The van der Waals surface area contributed by atoms with Gasteiger partial charge in [0, 0.05) is 15.3 Å². The van der Waals surface area contributed by atoms with E-state index in [4.69, 9.17) is 4.98 Å². The van der Waals surface area contributed by atoms with Crippen LogP contribution in [0.2, 0.25) is 0 Å². The lowest BCUT2D eigenvalue weighted by molar-refractivity contribution is -0.120. The lowest BCUT2D eigenvalue weighted by Gasteiger charge is -2.20. The van der Waals surface area contributed by atoms with Crippen molar-refractivity contribution < 1.29 is 9.59 Å². The number of carbonyl (C=O) groups excluding carboxylic acids is 2. The van der Waals surface area contributed by atoms with Crippen molar-refractivity contribution in [3.63, 3.8) is 0 Å². The fourth-order valence-electron chi connectivity index (χ4n) is 6.19. The van der Waals surface area contributed by atoms with Crippen LogP contribution in [-0.4, -0.2) is 35.9 Å². The van der Waals surface area contributed by atoms with Crippen molar-refractivity contribution in [3.05, 3.63) is 79.2 Å². The van der Waals surface area contributed by atoms with Gasteiger partial charge in [0.05, 0.1) is 39.7 Å². The molecule has 2 amide bonds. The lowest BCUT2D eigenvalue weighted by Crippen LogP contribution is -2.35. The smallest absolute Gasteiger partial charge is 0.330 e. The van der Waals surface area contributed by atoms with Gasteiger partial charge in [0.25, 0.3) is 0 Å². The molecule has 5 heterocycles. The van der Waals surface area contributed by atoms with Crippen LogP contribution in [0.3, 0.4) is 0 Å². The molecular formula is C26H18IN7O3. The molecular weight excluding hydrogens is 585 g/mol. The molecule has 1 spiro atoms. The molecule has 182 valence electrons. The van der Waals surface area contributed by atoms with Crippen molar-refractivity contribution in [3.8, 4) is 0 Å². The highest BCUT2D eigenvalue weighted by Crippen LogP contribution is 2.47. The molecule has 5 aromatic rings. The number of hydrogen-bond donors (Lipinski definition) is 3. The minimum atomic E-state index is -0.629. The minimum absolute atomic E-state index is 0.00372. The molecule has 8 rings (SSSR count). The maximum Gasteiger partial charge on any atom is 0.330 e. The topological polar surface area (TPSA) is 127 Å². The van der Waals surface area contributed by atoms with Crippen molar-refractivity contribution in [1.29, 1.82) is 0 Å². The molecule has 0 fully saturated rings. The number of rotatable bonds is 2. The van der Waals surface area contributed by atoms with E-state index in [-0.39, 0.29) is 30.6 Å². The maximum atomic E-state index is 13.3. The monoisotopic (exact) mass is 603 g/mol. The Bertz CT molecular complexity index is 1890. The summed E-state index contributed by atoms with van der Waals surface area (Å²) >= 11 is 2.16. The van der Waals surface area contributed by atoms with Crippen molar-refractivity contribution >= 4 is 68.0 Å². The lowest BCUT2D eigenvalue weighted by atomic mass is 9.79. The minimum Gasteiger partial charge on any atom is -0.340 e. The molecule has 0 saturated carbocycles. The van der Waals surface area contributed by atoms with E-state index >= 15 is 0 Å². The summed E-state index contributed by atoms with van der Waals surface area (Å²) < 4.78 is 4.07. The number of nitrogens with zero attached hydrogens (tertiary/aromatic N) is 4. The fourth-order valence-corrected chi connectivity index (χ4v) is 6.76. The van der Waals surface area contributed by atoms with Crippen LogP contribution in [0, 0.1) is 3.57 Å². The van der Waals surface area contributed by atoms with Gasteiger partial charge in [-0.2, -0.15) is 0 Å². The molecule has 3 N–H and O–H groups in total. The molecule has 3 aliphatic rings. The van der Waals surface area contributed by atoms with Gasteiger partial charge in [-0.05, 0) is 76.9 Å². The third-order valence-electron chi connectivity index (χ3n) is 7.83. The number of pyridine rings is 1. The summed E-state index contributed by atoms with van der Waals surface area (Å²) in [7, 11) is 0. The van der Waals surface area contributed by atoms with Crippen LogP contribution in [0.1, 0.15) is 22.5 Å². The van der Waals surface area contributed by atoms with E-state index in [0.29, 0.717) is 30.2 Å². The third-order valence-corrected chi connectivity index (χ3v) is 8.73. The SMILES string of the molecule is O=C1Cn2c(=O)n(Cc3nc4cc5c(cc4[nH]3)CC3(C5)C(=O)Nc4ncccc43)c3ccc(I)c(c32)N1. The second-order valence-corrected chi connectivity index (χ2v) is 11.1. The van der Waals surface area contributed by atoms with Gasteiger partial charge in [0.15, 0.2) is 0 Å². The highest BCUT2D eigenvalue weighted by Gasteiger charge is 2.51. The quantitative estimate of drug-likeness (QED) is 0.268. The van der Waals surface area contributed by atoms with Crippen LogP contribution >= 0.6 is 22.6 Å². The molecule has 11 heteroatoms. The Balaban J connectivity index is 1.18. The van der Waals surface area contributed by atoms with Crippen molar-refractivity contribution in [2.75, 3.05) is 10.6 Å². The number of benzene rings is 2. The number of halogens is 1. The van der Waals surface area contributed by atoms with Crippen LogP contribution in [0.4, 0.5) is 11.5 Å². The summed E-state index contributed by atoms with van der Waals surface area (Å²) in [5, 5.41) is 5.84. The van der Waals surface area contributed by atoms with E-state index in [9.17, 15) is 14.4 Å². The highest BCUT2D eigenvalue weighted by atomic mass is 127. The molecule has 3 aromatic heterocycles. The molecule has 2 aliphatic heterocycles. The van der Waals surface area contributed by atoms with Gasteiger partial charge >= 0.3 is 5.69 Å². The maximum absolute atomic E-state index is 13.3. The first-order valence-corrected chi connectivity index (χ1v) is 13.0. The number of fused-ring (bicyclic) bond motifs is 4. The van der Waals surface area contributed by atoms with E-state index in [2.05, 4.69) is 49.3 Å². The van der Waals surface area contributed by atoms with Crippen molar-refractivity contribution in [1.82, 2.24) is 24.1 Å². The number of aromatic amines is 1. The molecule has 0 bridgehead atoms. The van der Waals surface area contributed by atoms with Gasteiger partial charge in [-0.1, -0.05) is 6.07 Å². The zero-order valence-electron chi connectivity index (χ0n) is 19.3. The summed E-state index contributed by atoms with van der Waals surface area (Å²) in [6.07, 6.45) is 2.89. The van der Waals surface area contributed by atoms with Gasteiger partial charge in [0.1, 0.15) is 18.2 Å². The normalized spacial score (nSPS) is 16.9. The Morgan fingerprint density at radius 1 is 1.05 bits per heavy atom. The molecule has 37 heavy (non-hydrogen) atoms. The summed E-state index contributed by atoms with van der Waals surface area (Å²) in [5.41, 5.74) is 6.11. The number of aromatic nitrogens is 5. The van der Waals surface area contributed by atoms with Crippen LogP contribution in [-0.2, 0) is 40.9 Å². The van der Waals surface area contributed by atoms with Crippen LogP contribution in [0.5, 0.6) is 0 Å².